The van der Waals surface area contributed by atoms with Gasteiger partial charge in [0.25, 0.3) is 0 Å². The van der Waals surface area contributed by atoms with Crippen LogP contribution in [0.5, 0.6) is 0 Å². The third kappa shape index (κ3) is 4.39. The maximum absolute atomic E-state index is 12.8. The second kappa shape index (κ2) is 8.08. The number of hydrogen-bond donors (Lipinski definition) is 1. The third-order valence-corrected chi connectivity index (χ3v) is 7.33. The topological polar surface area (TPSA) is 86.8 Å². The molecule has 0 bridgehead atoms. The lowest BCUT2D eigenvalue weighted by atomic mass is 9.92. The molecule has 1 N–H and O–H groups in total. The molecule has 0 saturated carbocycles. The van der Waals surface area contributed by atoms with E-state index in [9.17, 15) is 18.0 Å². The minimum Gasteiger partial charge on any atom is -0.340 e. The molecule has 1 amide bonds. The molecule has 1 aromatic rings. The Labute approximate surface area is 160 Å². The van der Waals surface area contributed by atoms with Gasteiger partial charge in [-0.05, 0) is 45.4 Å². The van der Waals surface area contributed by atoms with Gasteiger partial charge in [0.15, 0.2) is 5.78 Å². The van der Waals surface area contributed by atoms with Crippen LogP contribution in [0.4, 0.5) is 0 Å². The van der Waals surface area contributed by atoms with E-state index in [1.807, 2.05) is 0 Å². The predicted molar refractivity (Wildman–Crippen MR) is 102 cm³/mol. The highest BCUT2D eigenvalue weighted by Gasteiger charge is 2.33. The molecule has 2 atom stereocenters. The highest BCUT2D eigenvalue weighted by molar-refractivity contribution is 7.89. The standard InChI is InChI=1S/C19H27N3O4S/c1-14-13-17(7-8-20-14)19(24)21-9-11-22(12-10-21)27(25,26)18-5-3-16(4-6-18)15(2)23/h3-6,14,17,20H,7-13H2,1-2H3/t14-,17-/m0/s1. The van der Waals surface area contributed by atoms with Crippen molar-refractivity contribution in [3.05, 3.63) is 29.8 Å². The van der Waals surface area contributed by atoms with Crippen LogP contribution in [0.15, 0.2) is 29.2 Å². The van der Waals surface area contributed by atoms with Crippen LogP contribution in [-0.4, -0.2) is 68.1 Å². The second-order valence-electron chi connectivity index (χ2n) is 7.39. The summed E-state index contributed by atoms with van der Waals surface area (Å²) in [6.45, 7) is 5.81. The molecule has 27 heavy (non-hydrogen) atoms. The van der Waals surface area contributed by atoms with E-state index < -0.39 is 10.0 Å². The lowest BCUT2D eigenvalue weighted by Crippen LogP contribution is -2.53. The Hall–Kier alpha value is -1.77. The number of rotatable bonds is 4. The maximum atomic E-state index is 12.8. The molecule has 148 valence electrons. The van der Waals surface area contributed by atoms with E-state index in [2.05, 4.69) is 12.2 Å². The monoisotopic (exact) mass is 393 g/mol. The van der Waals surface area contributed by atoms with Crippen LogP contribution in [0, 0.1) is 5.92 Å². The summed E-state index contributed by atoms with van der Waals surface area (Å²) in [7, 11) is -3.61. The molecule has 0 aromatic heterocycles. The van der Waals surface area contributed by atoms with Crippen LogP contribution in [0.2, 0.25) is 0 Å². The van der Waals surface area contributed by atoms with Crippen LogP contribution in [0.25, 0.3) is 0 Å². The number of piperidine rings is 1. The minimum absolute atomic E-state index is 0.0310. The number of amides is 1. The molecule has 8 heteroatoms. The Morgan fingerprint density at radius 1 is 1.07 bits per heavy atom. The van der Waals surface area contributed by atoms with Crippen LogP contribution in [0.1, 0.15) is 37.0 Å². The summed E-state index contributed by atoms with van der Waals surface area (Å²) in [5, 5.41) is 3.35. The summed E-state index contributed by atoms with van der Waals surface area (Å²) < 4.78 is 27.1. The summed E-state index contributed by atoms with van der Waals surface area (Å²) >= 11 is 0. The first-order valence-electron chi connectivity index (χ1n) is 9.42. The average Bonchev–Trinajstić information content (AvgIpc) is 2.67. The molecular weight excluding hydrogens is 366 g/mol. The number of benzene rings is 1. The zero-order valence-corrected chi connectivity index (χ0v) is 16.7. The van der Waals surface area contributed by atoms with E-state index in [1.165, 1.54) is 35.5 Å². The van der Waals surface area contributed by atoms with Gasteiger partial charge in [-0.1, -0.05) is 12.1 Å². The lowest BCUT2D eigenvalue weighted by Gasteiger charge is -2.37. The summed E-state index contributed by atoms with van der Waals surface area (Å²) in [4.78, 5) is 26.1. The van der Waals surface area contributed by atoms with Gasteiger partial charge in [0.05, 0.1) is 4.90 Å². The fourth-order valence-corrected chi connectivity index (χ4v) is 5.20. The lowest BCUT2D eigenvalue weighted by molar-refractivity contribution is -0.137. The molecule has 3 rings (SSSR count). The van der Waals surface area contributed by atoms with E-state index in [0.29, 0.717) is 37.8 Å². The Morgan fingerprint density at radius 2 is 1.70 bits per heavy atom. The molecule has 0 spiro atoms. The fourth-order valence-electron chi connectivity index (χ4n) is 3.77. The minimum atomic E-state index is -3.61. The SMILES string of the molecule is CC(=O)c1ccc(S(=O)(=O)N2CCN(C(=O)[C@H]3CCN[C@@H](C)C3)CC2)cc1. The molecular formula is C19H27N3O4S. The number of piperazine rings is 1. The van der Waals surface area contributed by atoms with Gasteiger partial charge in [-0.25, -0.2) is 8.42 Å². The first-order chi connectivity index (χ1) is 12.8. The van der Waals surface area contributed by atoms with Crippen molar-refractivity contribution in [2.75, 3.05) is 32.7 Å². The Balaban J connectivity index is 1.62. The number of nitrogens with one attached hydrogen (secondary N) is 1. The zero-order valence-electron chi connectivity index (χ0n) is 15.8. The molecule has 0 unspecified atom stereocenters. The molecule has 2 heterocycles. The van der Waals surface area contributed by atoms with Crippen molar-refractivity contribution in [3.8, 4) is 0 Å². The smallest absolute Gasteiger partial charge is 0.243 e. The van der Waals surface area contributed by atoms with E-state index in [0.717, 1.165) is 19.4 Å². The van der Waals surface area contributed by atoms with Gasteiger partial charge in [-0.15, -0.1) is 0 Å². The Kier molecular flexibility index (Phi) is 5.98. The van der Waals surface area contributed by atoms with Crippen molar-refractivity contribution in [2.24, 2.45) is 5.92 Å². The number of hydrogen-bond acceptors (Lipinski definition) is 5. The number of carbonyl (C=O) groups is 2. The second-order valence-corrected chi connectivity index (χ2v) is 9.32. The highest BCUT2D eigenvalue weighted by Crippen LogP contribution is 2.22. The molecule has 0 radical (unpaired) electrons. The van der Waals surface area contributed by atoms with Crippen molar-refractivity contribution in [3.63, 3.8) is 0 Å². The first kappa shape index (κ1) is 20.0. The average molecular weight is 394 g/mol. The van der Waals surface area contributed by atoms with Crippen LogP contribution in [-0.2, 0) is 14.8 Å². The van der Waals surface area contributed by atoms with Crippen LogP contribution >= 0.6 is 0 Å². The van der Waals surface area contributed by atoms with Crippen molar-refractivity contribution < 1.29 is 18.0 Å². The molecule has 0 aliphatic carbocycles. The van der Waals surface area contributed by atoms with Crippen molar-refractivity contribution >= 4 is 21.7 Å². The summed E-state index contributed by atoms with van der Waals surface area (Å²) in [6, 6.07) is 6.35. The summed E-state index contributed by atoms with van der Waals surface area (Å²) in [6.07, 6.45) is 1.67. The molecule has 1 aromatic carbocycles. The molecule has 2 aliphatic rings. The largest absolute Gasteiger partial charge is 0.340 e. The van der Waals surface area contributed by atoms with E-state index in [4.69, 9.17) is 0 Å². The number of sulfonamides is 1. The Bertz CT molecular complexity index is 799. The molecule has 7 nitrogen and oxygen atoms in total. The first-order valence-corrected chi connectivity index (χ1v) is 10.9. The van der Waals surface area contributed by atoms with Gasteiger partial charge in [0, 0.05) is 43.7 Å². The van der Waals surface area contributed by atoms with Crippen molar-refractivity contribution in [1.29, 1.82) is 0 Å². The fraction of sp³-hybridized carbons (Fsp3) is 0.579. The molecule has 2 saturated heterocycles. The number of nitrogens with zero attached hydrogens (tertiary/aromatic N) is 2. The van der Waals surface area contributed by atoms with Gasteiger partial charge in [0.2, 0.25) is 15.9 Å². The summed E-state index contributed by atoms with van der Waals surface area (Å²) in [5.41, 5.74) is 0.487. The summed E-state index contributed by atoms with van der Waals surface area (Å²) in [5.74, 6) is 0.0769. The number of carbonyl (C=O) groups excluding carboxylic acids is 2. The van der Waals surface area contributed by atoms with Gasteiger partial charge in [-0.2, -0.15) is 4.31 Å². The van der Waals surface area contributed by atoms with E-state index in [-0.39, 0.29) is 22.5 Å². The maximum Gasteiger partial charge on any atom is 0.243 e. The number of ketones is 1. The van der Waals surface area contributed by atoms with Gasteiger partial charge in [0.1, 0.15) is 0 Å². The molecule has 2 fully saturated rings. The quantitative estimate of drug-likeness (QED) is 0.775. The van der Waals surface area contributed by atoms with Crippen LogP contribution < -0.4 is 5.32 Å². The number of Topliss-reactive ketones (excluding diaryl/α,β-unsaturated/α-hetero) is 1. The van der Waals surface area contributed by atoms with Crippen LogP contribution in [0.3, 0.4) is 0 Å². The van der Waals surface area contributed by atoms with Crippen molar-refractivity contribution in [1.82, 2.24) is 14.5 Å². The van der Waals surface area contributed by atoms with Gasteiger partial charge < -0.3 is 10.2 Å². The van der Waals surface area contributed by atoms with E-state index >= 15 is 0 Å². The zero-order chi connectivity index (χ0) is 19.6. The van der Waals surface area contributed by atoms with Gasteiger partial charge >= 0.3 is 0 Å². The predicted octanol–water partition coefficient (Wildman–Crippen LogP) is 1.11. The van der Waals surface area contributed by atoms with E-state index in [1.54, 1.807) is 4.90 Å². The highest BCUT2D eigenvalue weighted by atomic mass is 32.2. The molecule has 2 aliphatic heterocycles. The Morgan fingerprint density at radius 3 is 2.26 bits per heavy atom. The van der Waals surface area contributed by atoms with Crippen molar-refractivity contribution in [2.45, 2.75) is 37.6 Å². The normalized spacial score (nSPS) is 24.6. The third-order valence-electron chi connectivity index (χ3n) is 5.42. The van der Waals surface area contributed by atoms with Gasteiger partial charge in [-0.3, -0.25) is 9.59 Å².